The van der Waals surface area contributed by atoms with E-state index in [1.807, 2.05) is 6.92 Å². The maximum Gasteiger partial charge on any atom is 0.271 e. The number of hydrogen-bond acceptors (Lipinski definition) is 7. The van der Waals surface area contributed by atoms with Crippen LogP contribution in [0, 0.1) is 10.1 Å². The minimum Gasteiger partial charge on any atom is -0.383 e. The maximum absolute atomic E-state index is 13.1. The van der Waals surface area contributed by atoms with Crippen molar-refractivity contribution in [3.05, 3.63) is 68.0 Å². The van der Waals surface area contributed by atoms with Gasteiger partial charge in [0.15, 0.2) is 5.16 Å². The summed E-state index contributed by atoms with van der Waals surface area (Å²) in [4.78, 5) is 41.0. The molecular weight excluding hydrogens is 456 g/mol. The van der Waals surface area contributed by atoms with E-state index in [0.717, 1.165) is 11.8 Å². The molecule has 0 unspecified atom stereocenters. The average molecular weight is 477 g/mol. The number of nitrogens with zero attached hydrogens (tertiary/aromatic N) is 3. The molecule has 0 saturated carbocycles. The lowest BCUT2D eigenvalue weighted by Crippen LogP contribution is -2.30. The number of amides is 1. The molecule has 9 nitrogen and oxygen atoms in total. The number of nitrogens with one attached hydrogen (secondary N) is 1. The molecule has 32 heavy (non-hydrogen) atoms. The van der Waals surface area contributed by atoms with Crippen molar-refractivity contribution >= 4 is 51.5 Å². The number of carbonyl (C=O) groups excluding carboxylic acids is 1. The number of nitro benzene ring substituents is 1. The minimum atomic E-state index is -0.681. The fraction of sp³-hybridized carbons (Fsp3) is 0.286. The molecule has 0 saturated heterocycles. The summed E-state index contributed by atoms with van der Waals surface area (Å²) < 4.78 is 6.72. The number of ether oxygens (including phenoxy) is 1. The summed E-state index contributed by atoms with van der Waals surface area (Å²) in [5.41, 5.74) is 0.241. The van der Waals surface area contributed by atoms with Crippen LogP contribution in [0.4, 0.5) is 11.4 Å². The topological polar surface area (TPSA) is 116 Å². The van der Waals surface area contributed by atoms with E-state index in [1.165, 1.54) is 22.8 Å². The van der Waals surface area contributed by atoms with E-state index in [1.54, 1.807) is 38.3 Å². The first-order chi connectivity index (χ1) is 15.2. The van der Waals surface area contributed by atoms with Gasteiger partial charge < -0.3 is 10.1 Å². The third-order valence-electron chi connectivity index (χ3n) is 4.69. The highest BCUT2D eigenvalue weighted by atomic mass is 35.5. The number of hydrogen-bond donors (Lipinski definition) is 1. The molecule has 0 spiro atoms. The molecule has 0 aliphatic rings. The molecule has 0 bridgehead atoms. The van der Waals surface area contributed by atoms with Crippen LogP contribution in [-0.4, -0.2) is 39.3 Å². The zero-order valence-corrected chi connectivity index (χ0v) is 19.1. The van der Waals surface area contributed by atoms with Crippen molar-refractivity contribution in [3.8, 4) is 0 Å². The Morgan fingerprint density at radius 2 is 2.03 bits per heavy atom. The first kappa shape index (κ1) is 23.7. The number of para-hydroxylation sites is 1. The molecule has 3 rings (SSSR count). The highest BCUT2D eigenvalue weighted by Crippen LogP contribution is 2.29. The Labute approximate surface area is 192 Å². The molecule has 168 valence electrons. The van der Waals surface area contributed by atoms with Crippen LogP contribution >= 0.6 is 23.4 Å². The normalized spacial score (nSPS) is 13.0. The van der Waals surface area contributed by atoms with Crippen molar-refractivity contribution in [1.82, 2.24) is 9.55 Å². The number of nitro groups is 1. The van der Waals surface area contributed by atoms with Gasteiger partial charge in [0.1, 0.15) is 0 Å². The van der Waals surface area contributed by atoms with Crippen molar-refractivity contribution in [1.29, 1.82) is 0 Å². The molecule has 1 amide bonds. The van der Waals surface area contributed by atoms with Crippen molar-refractivity contribution in [2.75, 3.05) is 19.0 Å². The molecule has 3 aromatic rings. The van der Waals surface area contributed by atoms with Gasteiger partial charge in [0, 0.05) is 19.2 Å². The van der Waals surface area contributed by atoms with E-state index in [0.29, 0.717) is 16.1 Å². The monoisotopic (exact) mass is 476 g/mol. The van der Waals surface area contributed by atoms with Gasteiger partial charge in [-0.3, -0.25) is 24.3 Å². The Balaban J connectivity index is 1.92. The number of methoxy groups -OCH3 is 1. The number of thioether (sulfide) groups is 1. The van der Waals surface area contributed by atoms with Crippen molar-refractivity contribution in [2.45, 2.75) is 30.3 Å². The molecule has 2 aromatic carbocycles. The zero-order chi connectivity index (χ0) is 23.4. The zero-order valence-electron chi connectivity index (χ0n) is 17.6. The van der Waals surface area contributed by atoms with Crippen LogP contribution in [0.1, 0.15) is 19.9 Å². The number of anilines is 1. The Morgan fingerprint density at radius 1 is 1.31 bits per heavy atom. The van der Waals surface area contributed by atoms with Gasteiger partial charge in [-0.05, 0) is 32.0 Å². The first-order valence-corrected chi connectivity index (χ1v) is 10.9. The summed E-state index contributed by atoms with van der Waals surface area (Å²) in [6.45, 7) is 3.77. The Hall–Kier alpha value is -2.95. The fourth-order valence-electron chi connectivity index (χ4n) is 3.08. The molecule has 2 atom stereocenters. The van der Waals surface area contributed by atoms with Gasteiger partial charge in [-0.15, -0.1) is 0 Å². The van der Waals surface area contributed by atoms with Crippen LogP contribution in [0.3, 0.4) is 0 Å². The lowest BCUT2D eigenvalue weighted by atomic mass is 10.2. The summed E-state index contributed by atoms with van der Waals surface area (Å²) in [6, 6.07) is 10.5. The van der Waals surface area contributed by atoms with Gasteiger partial charge in [-0.25, -0.2) is 4.98 Å². The second-order valence-electron chi connectivity index (χ2n) is 7.06. The van der Waals surface area contributed by atoms with Crippen molar-refractivity contribution in [3.63, 3.8) is 0 Å². The smallest absolute Gasteiger partial charge is 0.271 e. The molecule has 0 fully saturated rings. The maximum atomic E-state index is 13.1. The third-order valence-corrected chi connectivity index (χ3v) is 6.09. The summed E-state index contributed by atoms with van der Waals surface area (Å²) in [7, 11) is 1.54. The van der Waals surface area contributed by atoms with Crippen LogP contribution in [0.25, 0.3) is 10.9 Å². The molecule has 1 N–H and O–H groups in total. The molecule has 0 aliphatic heterocycles. The second kappa shape index (κ2) is 10.1. The second-order valence-corrected chi connectivity index (χ2v) is 8.78. The van der Waals surface area contributed by atoms with E-state index in [4.69, 9.17) is 16.3 Å². The van der Waals surface area contributed by atoms with Gasteiger partial charge >= 0.3 is 0 Å². The number of aromatic nitrogens is 2. The third kappa shape index (κ3) is 5.09. The van der Waals surface area contributed by atoms with Crippen molar-refractivity contribution < 1.29 is 14.5 Å². The predicted molar refractivity (Wildman–Crippen MR) is 125 cm³/mol. The van der Waals surface area contributed by atoms with Gasteiger partial charge in [0.05, 0.1) is 44.4 Å². The molecule has 11 heteroatoms. The largest absolute Gasteiger partial charge is 0.383 e. The Morgan fingerprint density at radius 3 is 2.72 bits per heavy atom. The number of rotatable bonds is 8. The summed E-state index contributed by atoms with van der Waals surface area (Å²) in [5.74, 6) is -0.439. The quantitative estimate of drug-likeness (QED) is 0.223. The van der Waals surface area contributed by atoms with Crippen LogP contribution < -0.4 is 10.9 Å². The molecule has 1 aromatic heterocycles. The number of carbonyl (C=O) groups is 1. The van der Waals surface area contributed by atoms with E-state index in [9.17, 15) is 19.7 Å². The van der Waals surface area contributed by atoms with E-state index < -0.39 is 16.1 Å². The first-order valence-electron chi connectivity index (χ1n) is 9.64. The number of non-ortho nitro benzene ring substituents is 1. The molecule has 1 heterocycles. The predicted octanol–water partition coefficient (Wildman–Crippen LogP) is 4.28. The van der Waals surface area contributed by atoms with E-state index >= 15 is 0 Å². The standard InChI is InChI=1S/C21H21ClN4O5S/c1-12(11-31-3)25-20(28)15-6-4-5-7-17(15)24-21(25)32-13(2)19(27)23-18-10-14(26(29)30)8-9-16(18)22/h4-10,12-13H,11H2,1-3H3,(H,23,27)/t12-,13-/m1/s1. The minimum absolute atomic E-state index is 0.134. The highest BCUT2D eigenvalue weighted by molar-refractivity contribution is 8.00. The summed E-state index contributed by atoms with van der Waals surface area (Å²) in [5, 5.41) is 14.0. The van der Waals surface area contributed by atoms with E-state index in [-0.39, 0.29) is 34.6 Å². The van der Waals surface area contributed by atoms with Crippen LogP contribution in [0.2, 0.25) is 5.02 Å². The number of halogens is 1. The highest BCUT2D eigenvalue weighted by Gasteiger charge is 2.23. The summed E-state index contributed by atoms with van der Waals surface area (Å²) >= 11 is 7.19. The lowest BCUT2D eigenvalue weighted by molar-refractivity contribution is -0.384. The Bertz CT molecular complexity index is 1230. The SMILES string of the molecule is COC[C@@H](C)n1c(S[C@H](C)C(=O)Nc2cc([N+](=O)[O-])ccc2Cl)nc2ccccc2c1=O. The summed E-state index contributed by atoms with van der Waals surface area (Å²) in [6.07, 6.45) is 0. The van der Waals surface area contributed by atoms with Crippen LogP contribution in [-0.2, 0) is 9.53 Å². The van der Waals surface area contributed by atoms with Crippen molar-refractivity contribution in [2.24, 2.45) is 0 Å². The molecule has 0 radical (unpaired) electrons. The Kier molecular flexibility index (Phi) is 7.49. The molecule has 0 aliphatic carbocycles. The number of fused-ring (bicyclic) bond motifs is 1. The fourth-order valence-corrected chi connectivity index (χ4v) is 4.26. The van der Waals surface area contributed by atoms with Crippen LogP contribution in [0.5, 0.6) is 0 Å². The lowest BCUT2D eigenvalue weighted by Gasteiger charge is -2.20. The average Bonchev–Trinajstić information content (AvgIpc) is 2.75. The van der Waals surface area contributed by atoms with Gasteiger partial charge in [0.2, 0.25) is 5.91 Å². The van der Waals surface area contributed by atoms with Gasteiger partial charge in [0.25, 0.3) is 11.2 Å². The number of benzene rings is 2. The van der Waals surface area contributed by atoms with Gasteiger partial charge in [-0.2, -0.15) is 0 Å². The van der Waals surface area contributed by atoms with Gasteiger partial charge in [-0.1, -0.05) is 35.5 Å². The van der Waals surface area contributed by atoms with E-state index in [2.05, 4.69) is 10.3 Å². The molecular formula is C21H21ClN4O5S. The van der Waals surface area contributed by atoms with Crippen LogP contribution in [0.15, 0.2) is 52.4 Å².